The Morgan fingerprint density at radius 1 is 1.24 bits per heavy atom. The molecular formula is C14H15NO2. The first kappa shape index (κ1) is 9.66. The van der Waals surface area contributed by atoms with Crippen LogP contribution in [0.25, 0.3) is 0 Å². The Labute approximate surface area is 100 Å². The van der Waals surface area contributed by atoms with Crippen molar-refractivity contribution < 1.29 is 9.63 Å². The normalized spacial score (nSPS) is 37.1. The number of hydrogen-bond acceptors (Lipinski definition) is 2. The van der Waals surface area contributed by atoms with Crippen LogP contribution in [-0.4, -0.2) is 23.1 Å². The fraction of sp³-hybridized carbons (Fsp3) is 0.500. The lowest BCUT2D eigenvalue weighted by atomic mass is 10.1. The lowest BCUT2D eigenvalue weighted by Crippen LogP contribution is -2.39. The number of amides is 1. The SMILES string of the molecule is O=C(Cc1ccccc1)N1O[C@H]2C[C@@H]1[C@@H]1C[C@@H]12. The molecule has 0 radical (unpaired) electrons. The topological polar surface area (TPSA) is 29.5 Å². The largest absolute Gasteiger partial charge is 0.272 e. The molecule has 1 heterocycles. The first-order chi connectivity index (χ1) is 8.33. The van der Waals surface area contributed by atoms with Crippen molar-refractivity contribution in [3.8, 4) is 0 Å². The maximum atomic E-state index is 12.2. The molecule has 0 aromatic heterocycles. The Balaban J connectivity index is 1.48. The van der Waals surface area contributed by atoms with Gasteiger partial charge in [0.15, 0.2) is 0 Å². The fourth-order valence-corrected chi connectivity index (χ4v) is 3.40. The number of benzene rings is 1. The van der Waals surface area contributed by atoms with Gasteiger partial charge in [0.05, 0.1) is 18.6 Å². The number of hydroxylamine groups is 2. The van der Waals surface area contributed by atoms with Crippen molar-refractivity contribution in [2.24, 2.45) is 11.8 Å². The zero-order valence-corrected chi connectivity index (χ0v) is 9.58. The molecule has 0 N–H and O–H groups in total. The molecule has 3 heteroatoms. The van der Waals surface area contributed by atoms with Gasteiger partial charge >= 0.3 is 0 Å². The molecule has 1 aliphatic heterocycles. The Morgan fingerprint density at radius 2 is 2.06 bits per heavy atom. The highest BCUT2D eigenvalue weighted by atomic mass is 16.7. The van der Waals surface area contributed by atoms with Crippen LogP contribution in [0.1, 0.15) is 18.4 Å². The van der Waals surface area contributed by atoms with Gasteiger partial charge in [0.1, 0.15) is 0 Å². The molecule has 0 unspecified atom stereocenters. The molecule has 1 aromatic rings. The average molecular weight is 229 g/mol. The summed E-state index contributed by atoms with van der Waals surface area (Å²) < 4.78 is 0. The van der Waals surface area contributed by atoms with Crippen molar-refractivity contribution in [3.05, 3.63) is 35.9 Å². The maximum Gasteiger partial charge on any atom is 0.250 e. The average Bonchev–Trinajstić information content (AvgIpc) is 2.95. The summed E-state index contributed by atoms with van der Waals surface area (Å²) in [5, 5.41) is 1.67. The molecule has 3 fully saturated rings. The van der Waals surface area contributed by atoms with E-state index < -0.39 is 0 Å². The van der Waals surface area contributed by atoms with Gasteiger partial charge in [0.2, 0.25) is 0 Å². The number of hydrogen-bond donors (Lipinski definition) is 0. The van der Waals surface area contributed by atoms with E-state index in [1.54, 1.807) is 5.06 Å². The fourth-order valence-electron chi connectivity index (χ4n) is 3.40. The first-order valence-electron chi connectivity index (χ1n) is 6.35. The van der Waals surface area contributed by atoms with Crippen LogP contribution in [0, 0.1) is 11.8 Å². The standard InChI is InChI=1S/C14H15NO2/c16-14(6-9-4-2-1-3-5-9)15-12-8-13(17-15)11-7-10(11)12/h1-5,10-13H,6-8H2/t10-,11+,12-,13+/m1/s1. The predicted molar refractivity (Wildman–Crippen MR) is 61.9 cm³/mol. The monoisotopic (exact) mass is 229 g/mol. The lowest BCUT2D eigenvalue weighted by Gasteiger charge is -2.25. The predicted octanol–water partition coefficient (Wildman–Crippen LogP) is 1.78. The molecule has 4 rings (SSSR count). The Hall–Kier alpha value is -1.35. The summed E-state index contributed by atoms with van der Waals surface area (Å²) in [5.74, 6) is 1.63. The van der Waals surface area contributed by atoms with Gasteiger partial charge < -0.3 is 0 Å². The minimum Gasteiger partial charge on any atom is -0.272 e. The van der Waals surface area contributed by atoms with Gasteiger partial charge in [-0.25, -0.2) is 5.06 Å². The summed E-state index contributed by atoms with van der Waals surface area (Å²) in [4.78, 5) is 17.9. The van der Waals surface area contributed by atoms with E-state index in [4.69, 9.17) is 4.84 Å². The Kier molecular flexibility index (Phi) is 1.89. The van der Waals surface area contributed by atoms with Crippen LogP contribution in [0.2, 0.25) is 0 Å². The van der Waals surface area contributed by atoms with Crippen molar-refractivity contribution in [2.45, 2.75) is 31.4 Å². The van der Waals surface area contributed by atoms with Gasteiger partial charge in [-0.2, -0.15) is 0 Å². The van der Waals surface area contributed by atoms with E-state index in [1.165, 1.54) is 6.42 Å². The second kappa shape index (κ2) is 3.33. The number of fused-ring (bicyclic) bond motifs is 5. The molecule has 0 spiro atoms. The van der Waals surface area contributed by atoms with Crippen molar-refractivity contribution in [2.75, 3.05) is 0 Å². The highest BCUT2D eigenvalue weighted by Gasteiger charge is 2.63. The number of carbonyl (C=O) groups excluding carboxylic acids is 1. The molecule has 3 aliphatic rings. The summed E-state index contributed by atoms with van der Waals surface area (Å²) >= 11 is 0. The van der Waals surface area contributed by atoms with E-state index in [9.17, 15) is 4.79 Å². The third kappa shape index (κ3) is 1.42. The molecule has 2 aliphatic carbocycles. The molecule has 2 bridgehead atoms. The van der Waals surface area contributed by atoms with Gasteiger partial charge in [0.25, 0.3) is 5.91 Å². The highest BCUT2D eigenvalue weighted by molar-refractivity contribution is 5.78. The number of rotatable bonds is 2. The summed E-state index contributed by atoms with van der Waals surface area (Å²) in [5.41, 5.74) is 1.07. The van der Waals surface area contributed by atoms with Crippen LogP contribution >= 0.6 is 0 Å². The van der Waals surface area contributed by atoms with Crippen LogP contribution in [0.15, 0.2) is 30.3 Å². The summed E-state index contributed by atoms with van der Waals surface area (Å²) in [7, 11) is 0. The highest BCUT2D eigenvalue weighted by Crippen LogP contribution is 2.59. The smallest absolute Gasteiger partial charge is 0.250 e. The van der Waals surface area contributed by atoms with Gasteiger partial charge in [0, 0.05) is 0 Å². The second-order valence-electron chi connectivity index (χ2n) is 5.39. The molecule has 4 atom stereocenters. The van der Waals surface area contributed by atoms with E-state index >= 15 is 0 Å². The van der Waals surface area contributed by atoms with Crippen LogP contribution in [0.4, 0.5) is 0 Å². The molecule has 1 amide bonds. The minimum absolute atomic E-state index is 0.119. The van der Waals surface area contributed by atoms with Crippen LogP contribution < -0.4 is 0 Å². The zero-order chi connectivity index (χ0) is 11.4. The van der Waals surface area contributed by atoms with E-state index in [0.29, 0.717) is 18.6 Å². The Bertz CT molecular complexity index is 459. The molecular weight excluding hydrogens is 214 g/mol. The third-order valence-corrected chi connectivity index (χ3v) is 4.33. The summed E-state index contributed by atoms with van der Waals surface area (Å²) in [6.07, 6.45) is 3.13. The lowest BCUT2D eigenvalue weighted by molar-refractivity contribution is -0.200. The Morgan fingerprint density at radius 3 is 2.76 bits per heavy atom. The maximum absolute atomic E-state index is 12.2. The van der Waals surface area contributed by atoms with Crippen molar-refractivity contribution >= 4 is 5.91 Å². The summed E-state index contributed by atoms with van der Waals surface area (Å²) in [6.45, 7) is 0. The second-order valence-corrected chi connectivity index (χ2v) is 5.39. The number of nitrogens with zero attached hydrogens (tertiary/aromatic N) is 1. The van der Waals surface area contributed by atoms with Gasteiger partial charge in [-0.1, -0.05) is 30.3 Å². The molecule has 17 heavy (non-hydrogen) atoms. The van der Waals surface area contributed by atoms with Gasteiger partial charge in [-0.05, 0) is 30.2 Å². The zero-order valence-electron chi connectivity index (χ0n) is 9.58. The van der Waals surface area contributed by atoms with Crippen LogP contribution in [0.3, 0.4) is 0 Å². The number of carbonyl (C=O) groups is 1. The first-order valence-corrected chi connectivity index (χ1v) is 6.35. The quantitative estimate of drug-likeness (QED) is 0.773. The van der Waals surface area contributed by atoms with Crippen molar-refractivity contribution in [1.82, 2.24) is 5.06 Å². The van der Waals surface area contributed by atoms with E-state index in [0.717, 1.165) is 23.8 Å². The van der Waals surface area contributed by atoms with Gasteiger partial charge in [-0.15, -0.1) is 0 Å². The van der Waals surface area contributed by atoms with E-state index in [2.05, 4.69) is 0 Å². The third-order valence-electron chi connectivity index (χ3n) is 4.33. The molecule has 88 valence electrons. The molecule has 1 aromatic carbocycles. The van der Waals surface area contributed by atoms with E-state index in [-0.39, 0.29) is 5.91 Å². The van der Waals surface area contributed by atoms with Crippen LogP contribution in [-0.2, 0) is 16.1 Å². The van der Waals surface area contributed by atoms with Crippen molar-refractivity contribution in [1.29, 1.82) is 0 Å². The summed E-state index contributed by atoms with van der Waals surface area (Å²) in [6, 6.07) is 10.3. The van der Waals surface area contributed by atoms with Crippen molar-refractivity contribution in [3.63, 3.8) is 0 Å². The molecule has 3 nitrogen and oxygen atoms in total. The van der Waals surface area contributed by atoms with E-state index in [1.807, 2.05) is 30.3 Å². The van der Waals surface area contributed by atoms with Gasteiger partial charge in [-0.3, -0.25) is 9.63 Å². The van der Waals surface area contributed by atoms with Crippen LogP contribution in [0.5, 0.6) is 0 Å². The minimum atomic E-state index is 0.119. The molecule has 1 saturated heterocycles. The molecule has 2 saturated carbocycles.